The van der Waals surface area contributed by atoms with E-state index in [9.17, 15) is 13.2 Å². The van der Waals surface area contributed by atoms with Crippen molar-refractivity contribution in [1.82, 2.24) is 14.7 Å². The molecular formula is C22H28N4O4S2. The summed E-state index contributed by atoms with van der Waals surface area (Å²) in [7, 11) is -4.19. The number of anilines is 1. The van der Waals surface area contributed by atoms with Crippen molar-refractivity contribution in [2.75, 3.05) is 5.73 Å². The van der Waals surface area contributed by atoms with Crippen molar-refractivity contribution >= 4 is 33.1 Å². The van der Waals surface area contributed by atoms with Gasteiger partial charge in [-0.25, -0.2) is 14.7 Å². The minimum atomic E-state index is -4.19. The molecule has 8 nitrogen and oxygen atoms in total. The molecule has 10 heteroatoms. The molecule has 172 valence electrons. The summed E-state index contributed by atoms with van der Waals surface area (Å²) in [5.74, 6) is -0.213. The molecule has 0 aliphatic rings. The van der Waals surface area contributed by atoms with Gasteiger partial charge in [-0.15, -0.1) is 11.3 Å². The Bertz CT molecular complexity index is 1270. The zero-order chi connectivity index (χ0) is 23.8. The van der Waals surface area contributed by atoms with Gasteiger partial charge < -0.3 is 10.5 Å². The van der Waals surface area contributed by atoms with Crippen LogP contribution in [0.4, 0.5) is 5.82 Å². The minimum Gasteiger partial charge on any atom is -0.438 e. The molecular weight excluding hydrogens is 448 g/mol. The molecule has 32 heavy (non-hydrogen) atoms. The SMILES string of the molecule is Cc1cc(C)c(Oc2nc(C(C)(C)C)ccc2C(=O)NS(=O)(=O)c2nc(N)cs2)c(C)c1.[HH]. The molecule has 0 spiro atoms. The topological polar surface area (TPSA) is 124 Å². The summed E-state index contributed by atoms with van der Waals surface area (Å²) in [5.41, 5.74) is 8.73. The monoisotopic (exact) mass is 476 g/mol. The van der Waals surface area contributed by atoms with Gasteiger partial charge in [0.05, 0.1) is 0 Å². The van der Waals surface area contributed by atoms with Crippen LogP contribution in [0, 0.1) is 20.8 Å². The first-order chi connectivity index (χ1) is 14.8. The largest absolute Gasteiger partial charge is 0.438 e. The predicted molar refractivity (Wildman–Crippen MR) is 127 cm³/mol. The second-order valence-corrected chi connectivity index (χ2v) is 11.3. The number of nitrogen functional groups attached to an aromatic ring is 1. The number of sulfonamides is 1. The fourth-order valence-electron chi connectivity index (χ4n) is 3.15. The first-order valence-electron chi connectivity index (χ1n) is 9.83. The van der Waals surface area contributed by atoms with Crippen LogP contribution in [0.1, 0.15) is 54.9 Å². The normalized spacial score (nSPS) is 11.9. The fraction of sp³-hybridized carbons (Fsp3) is 0.318. The lowest BCUT2D eigenvalue weighted by molar-refractivity contribution is 0.0978. The Hall–Kier alpha value is -2.98. The van der Waals surface area contributed by atoms with Crippen molar-refractivity contribution in [3.8, 4) is 11.6 Å². The Morgan fingerprint density at radius 3 is 2.28 bits per heavy atom. The van der Waals surface area contributed by atoms with E-state index >= 15 is 0 Å². The van der Waals surface area contributed by atoms with Gasteiger partial charge in [-0.1, -0.05) is 38.5 Å². The van der Waals surface area contributed by atoms with E-state index in [1.807, 2.05) is 58.4 Å². The lowest BCUT2D eigenvalue weighted by Crippen LogP contribution is -2.31. The third-order valence-corrected chi connectivity index (χ3v) is 7.24. The first kappa shape index (κ1) is 23.7. The molecule has 3 aromatic rings. The summed E-state index contributed by atoms with van der Waals surface area (Å²) in [6.07, 6.45) is 0. The van der Waals surface area contributed by atoms with Crippen LogP contribution in [-0.2, 0) is 15.4 Å². The summed E-state index contributed by atoms with van der Waals surface area (Å²) in [6.45, 7) is 11.7. The number of aryl methyl sites for hydroxylation is 3. The van der Waals surface area contributed by atoms with Crippen molar-refractivity contribution in [3.05, 3.63) is 57.6 Å². The number of hydrogen-bond donors (Lipinski definition) is 2. The molecule has 0 aliphatic carbocycles. The number of aromatic nitrogens is 2. The van der Waals surface area contributed by atoms with Gasteiger partial charge in [-0.3, -0.25) is 4.79 Å². The van der Waals surface area contributed by atoms with Crippen LogP contribution >= 0.6 is 11.3 Å². The number of ether oxygens (including phenoxy) is 1. The van der Waals surface area contributed by atoms with E-state index in [1.165, 1.54) is 11.4 Å². The van der Waals surface area contributed by atoms with E-state index in [1.54, 1.807) is 6.07 Å². The Kier molecular flexibility index (Phi) is 6.30. The van der Waals surface area contributed by atoms with E-state index in [2.05, 4.69) is 9.97 Å². The van der Waals surface area contributed by atoms with Gasteiger partial charge in [0.25, 0.3) is 15.9 Å². The van der Waals surface area contributed by atoms with Crippen LogP contribution in [0.3, 0.4) is 0 Å². The number of benzene rings is 1. The highest BCUT2D eigenvalue weighted by Crippen LogP contribution is 2.33. The van der Waals surface area contributed by atoms with Crippen molar-refractivity contribution < 1.29 is 19.4 Å². The summed E-state index contributed by atoms with van der Waals surface area (Å²) in [6, 6.07) is 7.13. The average molecular weight is 477 g/mol. The highest BCUT2D eigenvalue weighted by atomic mass is 32.2. The highest BCUT2D eigenvalue weighted by molar-refractivity contribution is 7.92. The van der Waals surface area contributed by atoms with E-state index in [0.717, 1.165) is 28.0 Å². The molecule has 0 unspecified atom stereocenters. The van der Waals surface area contributed by atoms with Crippen LogP contribution < -0.4 is 15.2 Å². The third-order valence-electron chi connectivity index (χ3n) is 4.63. The molecule has 2 heterocycles. The number of rotatable bonds is 5. The van der Waals surface area contributed by atoms with Gasteiger partial charge in [0.15, 0.2) is 0 Å². The standard InChI is InChI=1S/C22H26N4O4S2.H2/c1-12-9-13(2)18(14(3)10-12)30-20-15(7-8-16(24-20)22(4,5)6)19(27)26-32(28,29)21-25-17(23)11-31-21;/h7-11H,23H2,1-6H3,(H,26,27);1H. The van der Waals surface area contributed by atoms with E-state index < -0.39 is 15.9 Å². The van der Waals surface area contributed by atoms with Crippen molar-refractivity contribution in [2.24, 2.45) is 0 Å². The Morgan fingerprint density at radius 1 is 1.12 bits per heavy atom. The van der Waals surface area contributed by atoms with Gasteiger partial charge >= 0.3 is 0 Å². The molecule has 0 atom stereocenters. The quantitative estimate of drug-likeness (QED) is 0.555. The second-order valence-electron chi connectivity index (χ2n) is 8.60. The number of nitrogens with two attached hydrogens (primary N) is 1. The number of amides is 1. The molecule has 0 radical (unpaired) electrons. The third kappa shape index (κ3) is 5.08. The lowest BCUT2D eigenvalue weighted by Gasteiger charge is -2.21. The number of carbonyl (C=O) groups is 1. The molecule has 1 amide bonds. The maximum Gasteiger partial charge on any atom is 0.291 e. The average Bonchev–Trinajstić information content (AvgIpc) is 3.11. The summed E-state index contributed by atoms with van der Waals surface area (Å²) in [4.78, 5) is 21.3. The number of pyridine rings is 1. The maximum atomic E-state index is 13.0. The zero-order valence-electron chi connectivity index (χ0n) is 18.8. The number of nitrogens with zero attached hydrogens (tertiary/aromatic N) is 2. The van der Waals surface area contributed by atoms with E-state index in [-0.39, 0.29) is 28.4 Å². The van der Waals surface area contributed by atoms with Gasteiger partial charge in [-0.2, -0.15) is 8.42 Å². The molecule has 3 rings (SSSR count). The second kappa shape index (κ2) is 8.51. The van der Waals surface area contributed by atoms with E-state index in [4.69, 9.17) is 10.5 Å². The van der Waals surface area contributed by atoms with Gasteiger partial charge in [-0.05, 0) is 44.0 Å². The van der Waals surface area contributed by atoms with Crippen molar-refractivity contribution in [2.45, 2.75) is 51.3 Å². The molecule has 0 saturated heterocycles. The van der Waals surface area contributed by atoms with Crippen LogP contribution in [0.25, 0.3) is 0 Å². The smallest absolute Gasteiger partial charge is 0.291 e. The van der Waals surface area contributed by atoms with Crippen molar-refractivity contribution in [3.63, 3.8) is 0 Å². The van der Waals surface area contributed by atoms with Gasteiger partial charge in [0, 0.05) is 17.9 Å². The molecule has 0 bridgehead atoms. The fourth-order valence-corrected chi connectivity index (χ4v) is 5.02. The Morgan fingerprint density at radius 2 is 1.75 bits per heavy atom. The van der Waals surface area contributed by atoms with Crippen LogP contribution in [0.2, 0.25) is 0 Å². The van der Waals surface area contributed by atoms with Crippen LogP contribution in [0.5, 0.6) is 11.6 Å². The number of nitrogens with one attached hydrogen (secondary N) is 1. The molecule has 0 saturated carbocycles. The van der Waals surface area contributed by atoms with E-state index in [0.29, 0.717) is 11.4 Å². The molecule has 3 N–H and O–H groups in total. The van der Waals surface area contributed by atoms with Crippen LogP contribution in [-0.4, -0.2) is 24.3 Å². The molecule has 0 fully saturated rings. The Balaban J connectivity index is 0.00000385. The summed E-state index contributed by atoms with van der Waals surface area (Å²) < 4.78 is 33.0. The molecule has 0 aliphatic heterocycles. The molecule has 1 aromatic carbocycles. The maximum absolute atomic E-state index is 13.0. The summed E-state index contributed by atoms with van der Waals surface area (Å²) >= 11 is 0.826. The van der Waals surface area contributed by atoms with Gasteiger partial charge in [0.2, 0.25) is 10.2 Å². The number of thiazole rings is 1. The van der Waals surface area contributed by atoms with Crippen molar-refractivity contribution in [1.29, 1.82) is 0 Å². The summed E-state index contributed by atoms with van der Waals surface area (Å²) in [5, 5.41) is 1.39. The van der Waals surface area contributed by atoms with Gasteiger partial charge in [0.1, 0.15) is 17.1 Å². The predicted octanol–water partition coefficient (Wildman–Crippen LogP) is 4.50. The highest BCUT2D eigenvalue weighted by Gasteiger charge is 2.27. The number of hydrogen-bond acceptors (Lipinski definition) is 8. The van der Waals surface area contributed by atoms with Crippen LogP contribution in [0.15, 0.2) is 34.0 Å². The lowest BCUT2D eigenvalue weighted by atomic mass is 9.91. The minimum absolute atomic E-state index is 0. The first-order valence-corrected chi connectivity index (χ1v) is 12.2. The Labute approximate surface area is 193 Å². The zero-order valence-corrected chi connectivity index (χ0v) is 20.4. The molecule has 2 aromatic heterocycles. The number of carbonyl (C=O) groups excluding carboxylic acids is 1.